The van der Waals surface area contributed by atoms with Crippen LogP contribution in [-0.4, -0.2) is 56.8 Å². The Morgan fingerprint density at radius 2 is 2.04 bits per heavy atom. The zero-order valence-corrected chi connectivity index (χ0v) is 17.3. The second-order valence-electron chi connectivity index (χ2n) is 5.86. The van der Waals surface area contributed by atoms with Crippen LogP contribution in [0.25, 0.3) is 0 Å². The zero-order chi connectivity index (χ0) is 18.2. The average molecular weight is 482 g/mol. The number of methoxy groups -OCH3 is 1. The number of aliphatic imine (C=N–C) groups is 1. The monoisotopic (exact) mass is 482 g/mol. The smallest absolute Gasteiger partial charge is 0.409 e. The average Bonchev–Trinajstić information content (AvgIpc) is 2.62. The Balaban J connectivity index is 0.00000338. The van der Waals surface area contributed by atoms with E-state index >= 15 is 0 Å². The molecule has 146 valence electrons. The Hall–Kier alpha value is -1.65. The van der Waals surface area contributed by atoms with E-state index in [9.17, 15) is 13.6 Å². The van der Waals surface area contributed by atoms with Crippen molar-refractivity contribution in [3.8, 4) is 0 Å². The number of amides is 1. The number of hydrogen-bond donors (Lipinski definition) is 2. The van der Waals surface area contributed by atoms with E-state index in [-0.39, 0.29) is 36.1 Å². The van der Waals surface area contributed by atoms with Crippen molar-refractivity contribution < 1.29 is 18.3 Å². The van der Waals surface area contributed by atoms with Gasteiger partial charge in [0.05, 0.1) is 7.11 Å². The Morgan fingerprint density at radius 3 is 2.62 bits per heavy atom. The molecule has 9 heteroatoms. The van der Waals surface area contributed by atoms with E-state index < -0.39 is 11.6 Å². The summed E-state index contributed by atoms with van der Waals surface area (Å²) in [6.07, 6.45) is 1.71. The first kappa shape index (κ1) is 22.4. The van der Waals surface area contributed by atoms with Gasteiger partial charge < -0.3 is 20.3 Å². The summed E-state index contributed by atoms with van der Waals surface area (Å²) in [5, 5.41) is 6.42. The van der Waals surface area contributed by atoms with Crippen molar-refractivity contribution in [3.05, 3.63) is 35.4 Å². The lowest BCUT2D eigenvalue weighted by atomic mass is 10.1. The molecule has 1 aromatic rings. The van der Waals surface area contributed by atoms with Crippen molar-refractivity contribution in [2.45, 2.75) is 25.3 Å². The SMILES string of the molecule is CN=C(NCCc1ccc(F)cc1F)NC1CCN(C(=O)OC)CC1.I. The second-order valence-corrected chi connectivity index (χ2v) is 5.86. The van der Waals surface area contributed by atoms with Crippen LogP contribution in [0.3, 0.4) is 0 Å². The first-order valence-corrected chi connectivity index (χ1v) is 8.27. The van der Waals surface area contributed by atoms with Crippen molar-refractivity contribution in [2.75, 3.05) is 33.8 Å². The second kappa shape index (κ2) is 11.1. The molecule has 0 saturated carbocycles. The molecule has 6 nitrogen and oxygen atoms in total. The van der Waals surface area contributed by atoms with Gasteiger partial charge in [-0.2, -0.15) is 0 Å². The number of likely N-dealkylation sites (tertiary alicyclic amines) is 1. The van der Waals surface area contributed by atoms with Crippen LogP contribution in [0.2, 0.25) is 0 Å². The summed E-state index contributed by atoms with van der Waals surface area (Å²) in [7, 11) is 3.04. The summed E-state index contributed by atoms with van der Waals surface area (Å²) in [4.78, 5) is 17.3. The summed E-state index contributed by atoms with van der Waals surface area (Å²) in [6.45, 7) is 1.73. The first-order valence-electron chi connectivity index (χ1n) is 8.27. The molecule has 0 unspecified atom stereocenters. The highest BCUT2D eigenvalue weighted by atomic mass is 127. The summed E-state index contributed by atoms with van der Waals surface area (Å²) < 4.78 is 31.2. The van der Waals surface area contributed by atoms with Crippen LogP contribution in [0, 0.1) is 11.6 Å². The summed E-state index contributed by atoms with van der Waals surface area (Å²) in [6, 6.07) is 3.79. The van der Waals surface area contributed by atoms with Crippen LogP contribution in [0.1, 0.15) is 18.4 Å². The van der Waals surface area contributed by atoms with Crippen LogP contribution in [0.15, 0.2) is 23.2 Å². The lowest BCUT2D eigenvalue weighted by Gasteiger charge is -2.32. The maximum absolute atomic E-state index is 13.6. The molecule has 1 aliphatic heterocycles. The minimum Gasteiger partial charge on any atom is -0.453 e. The quantitative estimate of drug-likeness (QED) is 0.394. The predicted molar refractivity (Wildman–Crippen MR) is 107 cm³/mol. The van der Waals surface area contributed by atoms with Gasteiger partial charge >= 0.3 is 6.09 Å². The molecule has 2 N–H and O–H groups in total. The first-order chi connectivity index (χ1) is 12.0. The molecule has 26 heavy (non-hydrogen) atoms. The number of halogens is 3. The Morgan fingerprint density at radius 1 is 1.35 bits per heavy atom. The number of nitrogens with zero attached hydrogens (tertiary/aromatic N) is 2. The highest BCUT2D eigenvalue weighted by Gasteiger charge is 2.23. The molecule has 0 atom stereocenters. The molecule has 2 rings (SSSR count). The van der Waals surface area contributed by atoms with Crippen molar-refractivity contribution in [3.63, 3.8) is 0 Å². The van der Waals surface area contributed by atoms with Crippen LogP contribution in [-0.2, 0) is 11.2 Å². The van der Waals surface area contributed by atoms with Crippen LogP contribution in [0.4, 0.5) is 13.6 Å². The van der Waals surface area contributed by atoms with E-state index in [0.29, 0.717) is 37.6 Å². The molecule has 0 radical (unpaired) electrons. The lowest BCUT2D eigenvalue weighted by molar-refractivity contribution is 0.111. The molecular weight excluding hydrogens is 457 g/mol. The van der Waals surface area contributed by atoms with Gasteiger partial charge in [-0.15, -0.1) is 24.0 Å². The molecule has 0 aliphatic carbocycles. The molecule has 1 aromatic carbocycles. The van der Waals surface area contributed by atoms with E-state index in [4.69, 9.17) is 4.74 Å². The number of benzene rings is 1. The Kier molecular flexibility index (Phi) is 9.60. The van der Waals surface area contributed by atoms with Gasteiger partial charge in [0.25, 0.3) is 0 Å². The van der Waals surface area contributed by atoms with Crippen molar-refractivity contribution in [1.82, 2.24) is 15.5 Å². The number of rotatable bonds is 4. The molecule has 1 aliphatic rings. The van der Waals surface area contributed by atoms with Crippen molar-refractivity contribution in [2.24, 2.45) is 4.99 Å². The van der Waals surface area contributed by atoms with Crippen LogP contribution < -0.4 is 10.6 Å². The standard InChI is InChI=1S/C17H24F2N4O2.HI/c1-20-16(21-8-5-12-3-4-13(18)11-15(12)19)22-14-6-9-23(10-7-14)17(24)25-2;/h3-4,11,14H,5-10H2,1-2H3,(H2,20,21,22);1H. The number of hydrogen-bond acceptors (Lipinski definition) is 3. The molecule has 0 spiro atoms. The van der Waals surface area contributed by atoms with E-state index in [0.717, 1.165) is 18.9 Å². The number of piperidine rings is 1. The van der Waals surface area contributed by atoms with Gasteiger partial charge in [0.1, 0.15) is 11.6 Å². The highest BCUT2D eigenvalue weighted by molar-refractivity contribution is 14.0. The van der Waals surface area contributed by atoms with Gasteiger partial charge in [-0.25, -0.2) is 13.6 Å². The van der Waals surface area contributed by atoms with Crippen molar-refractivity contribution >= 4 is 36.0 Å². The normalized spacial score (nSPS) is 15.2. The Bertz CT molecular complexity index is 623. The molecular formula is C17H25F2IN4O2. The molecule has 1 amide bonds. The zero-order valence-electron chi connectivity index (χ0n) is 14.9. The van der Waals surface area contributed by atoms with E-state index in [1.165, 1.54) is 19.2 Å². The molecule has 0 aromatic heterocycles. The maximum atomic E-state index is 13.6. The van der Waals surface area contributed by atoms with E-state index in [1.54, 1.807) is 11.9 Å². The number of ether oxygens (including phenoxy) is 1. The highest BCUT2D eigenvalue weighted by Crippen LogP contribution is 2.11. The number of carbonyl (C=O) groups excluding carboxylic acids is 1. The predicted octanol–water partition coefficient (Wildman–Crippen LogP) is 2.52. The van der Waals surface area contributed by atoms with Gasteiger partial charge in [-0.3, -0.25) is 4.99 Å². The van der Waals surface area contributed by atoms with Gasteiger partial charge in [-0.05, 0) is 30.9 Å². The largest absolute Gasteiger partial charge is 0.453 e. The fourth-order valence-corrected chi connectivity index (χ4v) is 2.76. The lowest BCUT2D eigenvalue weighted by Crippen LogP contribution is -2.50. The van der Waals surface area contributed by atoms with Crippen LogP contribution in [0.5, 0.6) is 0 Å². The molecule has 0 bridgehead atoms. The molecule has 1 fully saturated rings. The minimum absolute atomic E-state index is 0. The number of carbonyl (C=O) groups is 1. The summed E-state index contributed by atoms with van der Waals surface area (Å²) in [5.74, 6) is -0.496. The van der Waals surface area contributed by atoms with Gasteiger partial charge in [0, 0.05) is 38.8 Å². The fraction of sp³-hybridized carbons (Fsp3) is 0.529. The Labute approximate surface area is 169 Å². The van der Waals surface area contributed by atoms with Gasteiger partial charge in [-0.1, -0.05) is 6.07 Å². The third-order valence-corrected chi connectivity index (χ3v) is 4.19. The van der Waals surface area contributed by atoms with E-state index in [2.05, 4.69) is 15.6 Å². The van der Waals surface area contributed by atoms with E-state index in [1.807, 2.05) is 0 Å². The molecule has 1 heterocycles. The third kappa shape index (κ3) is 6.58. The van der Waals surface area contributed by atoms with Crippen LogP contribution >= 0.6 is 24.0 Å². The van der Waals surface area contributed by atoms with Gasteiger partial charge in [0.2, 0.25) is 0 Å². The minimum atomic E-state index is -0.579. The van der Waals surface area contributed by atoms with Gasteiger partial charge in [0.15, 0.2) is 5.96 Å². The molecule has 1 saturated heterocycles. The summed E-state index contributed by atoms with van der Waals surface area (Å²) in [5.41, 5.74) is 0.454. The third-order valence-electron chi connectivity index (χ3n) is 4.19. The number of nitrogens with one attached hydrogen (secondary N) is 2. The fourth-order valence-electron chi connectivity index (χ4n) is 2.76. The summed E-state index contributed by atoms with van der Waals surface area (Å²) >= 11 is 0. The topological polar surface area (TPSA) is 66.0 Å². The maximum Gasteiger partial charge on any atom is 0.409 e. The number of guanidine groups is 1. The van der Waals surface area contributed by atoms with Crippen molar-refractivity contribution in [1.29, 1.82) is 0 Å².